The minimum absolute atomic E-state index is 0.741. The standard InChI is InChI=1S/C14H15N3O2S/c1-8-7-9(2)17(16-8)14-15-12-10(18-3)5-6-11(19-4)13(12)20-14/h5-7H,1-4H3. The summed E-state index contributed by atoms with van der Waals surface area (Å²) < 4.78 is 13.6. The second-order valence-corrected chi connectivity index (χ2v) is 5.46. The molecule has 0 fully saturated rings. The lowest BCUT2D eigenvalue weighted by atomic mass is 10.3. The number of rotatable bonds is 3. The molecule has 0 saturated carbocycles. The van der Waals surface area contributed by atoms with E-state index in [1.54, 1.807) is 25.6 Å². The van der Waals surface area contributed by atoms with Gasteiger partial charge in [-0.15, -0.1) is 0 Å². The van der Waals surface area contributed by atoms with E-state index in [0.717, 1.165) is 38.2 Å². The summed E-state index contributed by atoms with van der Waals surface area (Å²) in [5.41, 5.74) is 2.83. The van der Waals surface area contributed by atoms with Crippen molar-refractivity contribution in [2.45, 2.75) is 13.8 Å². The Hall–Kier alpha value is -2.08. The van der Waals surface area contributed by atoms with Crippen molar-refractivity contribution in [1.29, 1.82) is 0 Å². The largest absolute Gasteiger partial charge is 0.495 e. The summed E-state index contributed by atoms with van der Waals surface area (Å²) in [5, 5.41) is 5.28. The first-order valence-corrected chi connectivity index (χ1v) is 7.01. The van der Waals surface area contributed by atoms with E-state index in [1.165, 1.54) is 0 Å². The molecule has 0 aliphatic rings. The van der Waals surface area contributed by atoms with Crippen LogP contribution in [-0.2, 0) is 0 Å². The van der Waals surface area contributed by atoms with E-state index in [2.05, 4.69) is 10.1 Å². The van der Waals surface area contributed by atoms with Gasteiger partial charge in [0.15, 0.2) is 0 Å². The predicted octanol–water partition coefficient (Wildman–Crippen LogP) is 3.12. The lowest BCUT2D eigenvalue weighted by molar-refractivity contribution is 0.410. The molecule has 0 atom stereocenters. The Morgan fingerprint density at radius 2 is 1.80 bits per heavy atom. The third kappa shape index (κ3) is 1.92. The molecule has 2 heterocycles. The highest BCUT2D eigenvalue weighted by Crippen LogP contribution is 2.38. The van der Waals surface area contributed by atoms with Crippen LogP contribution >= 0.6 is 11.3 Å². The molecular formula is C14H15N3O2S. The topological polar surface area (TPSA) is 49.2 Å². The Morgan fingerprint density at radius 1 is 1.10 bits per heavy atom. The van der Waals surface area contributed by atoms with E-state index < -0.39 is 0 Å². The van der Waals surface area contributed by atoms with Gasteiger partial charge in [0, 0.05) is 5.69 Å². The Morgan fingerprint density at radius 3 is 2.40 bits per heavy atom. The van der Waals surface area contributed by atoms with Crippen molar-refractivity contribution < 1.29 is 9.47 Å². The molecule has 0 aliphatic carbocycles. The van der Waals surface area contributed by atoms with E-state index in [0.29, 0.717) is 0 Å². The molecule has 5 nitrogen and oxygen atoms in total. The number of nitrogens with zero attached hydrogens (tertiary/aromatic N) is 3. The number of aryl methyl sites for hydroxylation is 2. The molecule has 3 rings (SSSR count). The first-order valence-electron chi connectivity index (χ1n) is 6.19. The highest BCUT2D eigenvalue weighted by Gasteiger charge is 2.16. The van der Waals surface area contributed by atoms with Crippen molar-refractivity contribution in [2.24, 2.45) is 0 Å². The normalized spacial score (nSPS) is 11.0. The summed E-state index contributed by atoms with van der Waals surface area (Å²) in [6.45, 7) is 3.98. The number of fused-ring (bicyclic) bond motifs is 1. The van der Waals surface area contributed by atoms with E-state index >= 15 is 0 Å². The molecule has 20 heavy (non-hydrogen) atoms. The zero-order chi connectivity index (χ0) is 14.3. The van der Waals surface area contributed by atoms with Crippen LogP contribution in [0.5, 0.6) is 11.5 Å². The molecular weight excluding hydrogens is 274 g/mol. The third-order valence-electron chi connectivity index (χ3n) is 3.09. The van der Waals surface area contributed by atoms with Gasteiger partial charge in [0.2, 0.25) is 5.13 Å². The summed E-state index contributed by atoms with van der Waals surface area (Å²) in [4.78, 5) is 4.65. The lowest BCUT2D eigenvalue weighted by Gasteiger charge is -2.03. The first-order chi connectivity index (χ1) is 9.63. The van der Waals surface area contributed by atoms with Crippen molar-refractivity contribution in [3.63, 3.8) is 0 Å². The van der Waals surface area contributed by atoms with Crippen LogP contribution in [0.3, 0.4) is 0 Å². The molecule has 104 valence electrons. The molecule has 0 unspecified atom stereocenters. The van der Waals surface area contributed by atoms with Gasteiger partial charge in [-0.2, -0.15) is 5.10 Å². The maximum absolute atomic E-state index is 5.40. The summed E-state index contributed by atoms with van der Waals surface area (Å²) >= 11 is 1.54. The van der Waals surface area contributed by atoms with Crippen LogP contribution in [0.15, 0.2) is 18.2 Å². The number of hydrogen-bond donors (Lipinski definition) is 0. The van der Waals surface area contributed by atoms with Crippen LogP contribution in [0.2, 0.25) is 0 Å². The van der Waals surface area contributed by atoms with Gasteiger partial charge in [-0.3, -0.25) is 0 Å². The van der Waals surface area contributed by atoms with Crippen molar-refractivity contribution in [3.8, 4) is 16.6 Å². The van der Waals surface area contributed by atoms with Crippen LogP contribution in [0.4, 0.5) is 0 Å². The quantitative estimate of drug-likeness (QED) is 0.743. The molecule has 0 spiro atoms. The van der Waals surface area contributed by atoms with Gasteiger partial charge in [-0.1, -0.05) is 11.3 Å². The van der Waals surface area contributed by atoms with Gasteiger partial charge in [0.05, 0.1) is 19.9 Å². The molecule has 0 amide bonds. The number of hydrogen-bond acceptors (Lipinski definition) is 5. The Bertz CT molecular complexity index is 735. The van der Waals surface area contributed by atoms with E-state index in [-0.39, 0.29) is 0 Å². The van der Waals surface area contributed by atoms with E-state index in [1.807, 2.05) is 36.7 Å². The summed E-state index contributed by atoms with van der Waals surface area (Å²) in [6, 6.07) is 5.79. The van der Waals surface area contributed by atoms with Crippen LogP contribution in [-0.4, -0.2) is 29.0 Å². The zero-order valence-electron chi connectivity index (χ0n) is 11.8. The average Bonchev–Trinajstić information content (AvgIpc) is 3.00. The van der Waals surface area contributed by atoms with Crippen LogP contribution in [0, 0.1) is 13.8 Å². The second kappa shape index (κ2) is 4.79. The molecule has 0 aliphatic heterocycles. The molecule has 3 aromatic rings. The monoisotopic (exact) mass is 289 g/mol. The van der Waals surface area contributed by atoms with Crippen molar-refractivity contribution in [3.05, 3.63) is 29.6 Å². The van der Waals surface area contributed by atoms with E-state index in [4.69, 9.17) is 9.47 Å². The maximum atomic E-state index is 5.40. The van der Waals surface area contributed by atoms with Gasteiger partial charge in [0.25, 0.3) is 0 Å². The summed E-state index contributed by atoms with van der Waals surface area (Å²) in [7, 11) is 3.30. The van der Waals surface area contributed by atoms with Gasteiger partial charge in [0.1, 0.15) is 21.7 Å². The fourth-order valence-corrected chi connectivity index (χ4v) is 3.27. The van der Waals surface area contributed by atoms with Crippen molar-refractivity contribution in [2.75, 3.05) is 14.2 Å². The molecule has 0 saturated heterocycles. The zero-order valence-corrected chi connectivity index (χ0v) is 12.6. The Kier molecular flexibility index (Phi) is 3.10. The van der Waals surface area contributed by atoms with Crippen LogP contribution in [0.25, 0.3) is 15.3 Å². The smallest absolute Gasteiger partial charge is 0.211 e. The molecule has 0 radical (unpaired) electrons. The summed E-state index contributed by atoms with van der Waals surface area (Å²) in [5.74, 6) is 1.54. The van der Waals surface area contributed by atoms with Gasteiger partial charge in [-0.05, 0) is 32.0 Å². The van der Waals surface area contributed by atoms with Gasteiger partial charge >= 0.3 is 0 Å². The number of aromatic nitrogens is 3. The average molecular weight is 289 g/mol. The number of ether oxygens (including phenoxy) is 2. The predicted molar refractivity (Wildman–Crippen MR) is 79.3 cm³/mol. The minimum Gasteiger partial charge on any atom is -0.495 e. The first kappa shape index (κ1) is 12.9. The molecule has 6 heteroatoms. The lowest BCUT2D eigenvalue weighted by Crippen LogP contribution is -1.97. The Labute approximate surface area is 120 Å². The highest BCUT2D eigenvalue weighted by molar-refractivity contribution is 7.21. The fourth-order valence-electron chi connectivity index (χ4n) is 2.19. The van der Waals surface area contributed by atoms with Crippen LogP contribution in [0.1, 0.15) is 11.4 Å². The number of benzene rings is 1. The highest BCUT2D eigenvalue weighted by atomic mass is 32.1. The minimum atomic E-state index is 0.741. The van der Waals surface area contributed by atoms with Gasteiger partial charge in [-0.25, -0.2) is 9.67 Å². The number of thiazole rings is 1. The second-order valence-electron chi connectivity index (χ2n) is 4.48. The maximum Gasteiger partial charge on any atom is 0.211 e. The van der Waals surface area contributed by atoms with Crippen LogP contribution < -0.4 is 9.47 Å². The SMILES string of the molecule is COc1ccc(OC)c2sc(-n3nc(C)cc3C)nc12. The third-order valence-corrected chi connectivity index (χ3v) is 4.14. The molecule has 0 N–H and O–H groups in total. The van der Waals surface area contributed by atoms with E-state index in [9.17, 15) is 0 Å². The molecule has 2 aromatic heterocycles. The molecule has 1 aromatic carbocycles. The summed E-state index contributed by atoms with van der Waals surface area (Å²) in [6.07, 6.45) is 0. The Balaban J connectivity index is 2.26. The fraction of sp³-hybridized carbons (Fsp3) is 0.286. The molecule has 0 bridgehead atoms. The van der Waals surface area contributed by atoms with Crippen molar-refractivity contribution >= 4 is 21.6 Å². The van der Waals surface area contributed by atoms with Gasteiger partial charge < -0.3 is 9.47 Å². The number of methoxy groups -OCH3 is 2. The van der Waals surface area contributed by atoms with Crippen molar-refractivity contribution in [1.82, 2.24) is 14.8 Å².